The zero-order chi connectivity index (χ0) is 9.26. The molecule has 4 nitrogen and oxygen atoms in total. The quantitative estimate of drug-likeness (QED) is 0.703. The Bertz CT molecular complexity index is 284. The fourth-order valence-corrected chi connectivity index (χ4v) is 1.77. The van der Waals surface area contributed by atoms with Crippen LogP contribution in [0.4, 0.5) is 0 Å². The van der Waals surface area contributed by atoms with Crippen LogP contribution in [0, 0.1) is 0 Å². The molecule has 0 fully saturated rings. The predicted octanol–water partition coefficient (Wildman–Crippen LogP) is 0.631. The van der Waals surface area contributed by atoms with E-state index in [1.165, 1.54) is 5.69 Å². The van der Waals surface area contributed by atoms with Gasteiger partial charge in [-0.1, -0.05) is 0 Å². The Morgan fingerprint density at radius 1 is 1.69 bits per heavy atom. The summed E-state index contributed by atoms with van der Waals surface area (Å²) in [6.45, 7) is 3.05. The van der Waals surface area contributed by atoms with Gasteiger partial charge in [0.2, 0.25) is 0 Å². The molecule has 2 atom stereocenters. The number of aromatic amines is 1. The Labute approximate surface area is 77.7 Å². The Kier molecular flexibility index (Phi) is 2.33. The summed E-state index contributed by atoms with van der Waals surface area (Å²) in [4.78, 5) is 7.47. The van der Waals surface area contributed by atoms with Crippen molar-refractivity contribution in [1.29, 1.82) is 0 Å². The van der Waals surface area contributed by atoms with Crippen molar-refractivity contribution in [3.8, 4) is 0 Å². The molecule has 0 aliphatic carbocycles. The summed E-state index contributed by atoms with van der Waals surface area (Å²) < 4.78 is 5.30. The molecule has 0 bridgehead atoms. The molecular formula is C9H15N3O. The van der Waals surface area contributed by atoms with E-state index in [0.717, 1.165) is 18.7 Å². The zero-order valence-electron chi connectivity index (χ0n) is 8.00. The van der Waals surface area contributed by atoms with Crippen molar-refractivity contribution in [1.82, 2.24) is 15.3 Å². The van der Waals surface area contributed by atoms with Crippen LogP contribution in [0.5, 0.6) is 0 Å². The first-order valence-electron chi connectivity index (χ1n) is 4.61. The van der Waals surface area contributed by atoms with Crippen LogP contribution in [0.1, 0.15) is 24.4 Å². The van der Waals surface area contributed by atoms with Gasteiger partial charge in [0.25, 0.3) is 0 Å². The van der Waals surface area contributed by atoms with Crippen molar-refractivity contribution in [3.05, 3.63) is 17.7 Å². The molecule has 0 saturated carbocycles. The summed E-state index contributed by atoms with van der Waals surface area (Å²) in [5.74, 6) is 0. The highest BCUT2D eigenvalue weighted by molar-refractivity contribution is 5.20. The van der Waals surface area contributed by atoms with Gasteiger partial charge in [-0.15, -0.1) is 0 Å². The third-order valence-corrected chi connectivity index (χ3v) is 2.63. The first-order valence-corrected chi connectivity index (χ1v) is 4.61. The molecule has 0 spiro atoms. The highest BCUT2D eigenvalue weighted by Crippen LogP contribution is 2.23. The van der Waals surface area contributed by atoms with E-state index in [9.17, 15) is 0 Å². The third-order valence-electron chi connectivity index (χ3n) is 2.63. The lowest BCUT2D eigenvalue weighted by Gasteiger charge is -2.27. The number of methoxy groups -OCH3 is 1. The predicted molar refractivity (Wildman–Crippen MR) is 49.5 cm³/mol. The number of hydrogen-bond donors (Lipinski definition) is 2. The molecule has 2 heterocycles. The Morgan fingerprint density at radius 2 is 2.54 bits per heavy atom. The van der Waals surface area contributed by atoms with Crippen LogP contribution in [0.2, 0.25) is 0 Å². The molecule has 0 saturated heterocycles. The highest BCUT2D eigenvalue weighted by Gasteiger charge is 2.26. The summed E-state index contributed by atoms with van der Waals surface area (Å²) in [5.41, 5.74) is 2.35. The van der Waals surface area contributed by atoms with Gasteiger partial charge < -0.3 is 15.0 Å². The van der Waals surface area contributed by atoms with E-state index >= 15 is 0 Å². The van der Waals surface area contributed by atoms with Crippen LogP contribution in [0.3, 0.4) is 0 Å². The number of nitrogens with one attached hydrogen (secondary N) is 2. The largest absolute Gasteiger partial charge is 0.380 e. The van der Waals surface area contributed by atoms with Gasteiger partial charge >= 0.3 is 0 Å². The summed E-state index contributed by atoms with van der Waals surface area (Å²) in [7, 11) is 1.73. The van der Waals surface area contributed by atoms with E-state index in [0.29, 0.717) is 0 Å². The monoisotopic (exact) mass is 181 g/mol. The topological polar surface area (TPSA) is 49.9 Å². The molecule has 1 aliphatic heterocycles. The molecule has 1 aliphatic rings. The lowest BCUT2D eigenvalue weighted by Crippen LogP contribution is -2.37. The molecule has 2 N–H and O–H groups in total. The maximum absolute atomic E-state index is 5.30. The molecular weight excluding hydrogens is 166 g/mol. The SMILES string of the molecule is COC(C)C1NCCc2[nH]cnc21. The smallest absolute Gasteiger partial charge is 0.0925 e. The number of rotatable bonds is 2. The second-order valence-electron chi connectivity index (χ2n) is 3.39. The number of nitrogens with zero attached hydrogens (tertiary/aromatic N) is 1. The highest BCUT2D eigenvalue weighted by atomic mass is 16.5. The fourth-order valence-electron chi connectivity index (χ4n) is 1.77. The second-order valence-corrected chi connectivity index (χ2v) is 3.39. The van der Waals surface area contributed by atoms with Crippen LogP contribution in [0.25, 0.3) is 0 Å². The van der Waals surface area contributed by atoms with Gasteiger partial charge in [0.1, 0.15) is 0 Å². The van der Waals surface area contributed by atoms with Crippen molar-refractivity contribution in [2.45, 2.75) is 25.5 Å². The third kappa shape index (κ3) is 1.47. The van der Waals surface area contributed by atoms with E-state index in [1.54, 1.807) is 13.4 Å². The number of aromatic nitrogens is 2. The molecule has 13 heavy (non-hydrogen) atoms. The minimum Gasteiger partial charge on any atom is -0.380 e. The van der Waals surface area contributed by atoms with Gasteiger partial charge in [-0.3, -0.25) is 0 Å². The van der Waals surface area contributed by atoms with Crippen LogP contribution < -0.4 is 5.32 Å². The molecule has 0 aromatic carbocycles. The number of hydrogen-bond acceptors (Lipinski definition) is 3. The van der Waals surface area contributed by atoms with Gasteiger partial charge in [-0.2, -0.15) is 0 Å². The van der Waals surface area contributed by atoms with E-state index in [1.807, 2.05) is 0 Å². The fraction of sp³-hybridized carbons (Fsp3) is 0.667. The molecule has 2 rings (SSSR count). The van der Waals surface area contributed by atoms with Gasteiger partial charge in [0, 0.05) is 25.8 Å². The average Bonchev–Trinajstić information content (AvgIpc) is 2.63. The minimum absolute atomic E-state index is 0.169. The number of ether oxygens (including phenoxy) is 1. The average molecular weight is 181 g/mol. The maximum atomic E-state index is 5.30. The molecule has 1 aromatic rings. The first-order chi connectivity index (χ1) is 6.33. The summed E-state index contributed by atoms with van der Waals surface area (Å²) in [6.07, 6.45) is 2.96. The van der Waals surface area contributed by atoms with Gasteiger partial charge in [-0.25, -0.2) is 4.98 Å². The van der Waals surface area contributed by atoms with Crippen LogP contribution in [-0.2, 0) is 11.2 Å². The summed E-state index contributed by atoms with van der Waals surface area (Å²) >= 11 is 0. The number of fused-ring (bicyclic) bond motifs is 1. The molecule has 4 heteroatoms. The van der Waals surface area contributed by atoms with Crippen molar-refractivity contribution in [2.24, 2.45) is 0 Å². The summed E-state index contributed by atoms with van der Waals surface area (Å²) in [6, 6.07) is 0.236. The lowest BCUT2D eigenvalue weighted by atomic mass is 10.0. The molecule has 1 aromatic heterocycles. The normalized spacial score (nSPS) is 24.0. The van der Waals surface area contributed by atoms with Crippen molar-refractivity contribution < 1.29 is 4.74 Å². The number of H-pyrrole nitrogens is 1. The van der Waals surface area contributed by atoms with E-state index in [4.69, 9.17) is 4.74 Å². The Balaban J connectivity index is 2.24. The van der Waals surface area contributed by atoms with E-state index in [-0.39, 0.29) is 12.1 Å². The molecule has 72 valence electrons. The van der Waals surface area contributed by atoms with Crippen molar-refractivity contribution in [3.63, 3.8) is 0 Å². The standard InChI is InChI=1S/C9H15N3O/c1-6(13-2)8-9-7(3-4-10-8)11-5-12-9/h5-6,8,10H,3-4H2,1-2H3,(H,11,12). The zero-order valence-corrected chi connectivity index (χ0v) is 8.00. The Morgan fingerprint density at radius 3 is 3.31 bits per heavy atom. The Hall–Kier alpha value is -0.870. The first kappa shape index (κ1) is 8.72. The van der Waals surface area contributed by atoms with Crippen LogP contribution >= 0.6 is 0 Å². The van der Waals surface area contributed by atoms with E-state index in [2.05, 4.69) is 22.2 Å². The van der Waals surface area contributed by atoms with Crippen molar-refractivity contribution >= 4 is 0 Å². The van der Waals surface area contributed by atoms with Gasteiger partial charge in [-0.05, 0) is 6.92 Å². The molecule has 2 unspecified atom stereocenters. The molecule has 0 amide bonds. The minimum atomic E-state index is 0.169. The second kappa shape index (κ2) is 3.47. The number of imidazole rings is 1. The maximum Gasteiger partial charge on any atom is 0.0925 e. The van der Waals surface area contributed by atoms with Crippen molar-refractivity contribution in [2.75, 3.05) is 13.7 Å². The van der Waals surface area contributed by atoms with E-state index < -0.39 is 0 Å². The van der Waals surface area contributed by atoms with Gasteiger partial charge in [0.15, 0.2) is 0 Å². The van der Waals surface area contributed by atoms with Crippen LogP contribution in [0.15, 0.2) is 6.33 Å². The van der Waals surface area contributed by atoms with Gasteiger partial charge in [0.05, 0.1) is 24.2 Å². The lowest BCUT2D eigenvalue weighted by molar-refractivity contribution is 0.0794. The molecule has 0 radical (unpaired) electrons. The summed E-state index contributed by atoms with van der Waals surface area (Å²) in [5, 5.41) is 3.40. The van der Waals surface area contributed by atoms with Crippen LogP contribution in [-0.4, -0.2) is 29.7 Å².